The maximum atomic E-state index is 5.53. The SMILES string of the molecule is CC(CC(C)(C)C)OOc1ccc2ooc2c1OOC(C)CC(C)(C)C. The van der Waals surface area contributed by atoms with Gasteiger partial charge in [0.25, 0.3) is 11.3 Å². The lowest BCUT2D eigenvalue weighted by molar-refractivity contribution is -0.264. The largest absolute Gasteiger partial charge is 0.333 e. The van der Waals surface area contributed by atoms with Crippen molar-refractivity contribution in [3.05, 3.63) is 12.1 Å². The third kappa shape index (κ3) is 6.25. The smallest absolute Gasteiger partial charge is 0.275 e. The predicted octanol–water partition coefficient (Wildman–Crippen LogP) is 6.30. The lowest BCUT2D eigenvalue weighted by atomic mass is 9.90. The maximum Gasteiger partial charge on any atom is 0.275 e. The molecule has 0 fully saturated rings. The molecule has 0 aliphatic carbocycles. The monoisotopic (exact) mass is 368 g/mol. The summed E-state index contributed by atoms with van der Waals surface area (Å²) in [4.78, 5) is 22.1. The zero-order chi connectivity index (χ0) is 19.5. The van der Waals surface area contributed by atoms with Gasteiger partial charge < -0.3 is 9.78 Å². The Bertz CT molecular complexity index is 685. The summed E-state index contributed by atoms with van der Waals surface area (Å²) >= 11 is 0. The van der Waals surface area contributed by atoms with Crippen LogP contribution in [-0.2, 0) is 9.78 Å². The predicted molar refractivity (Wildman–Crippen MR) is 99.0 cm³/mol. The van der Waals surface area contributed by atoms with Crippen LogP contribution in [0.2, 0.25) is 0 Å². The molecule has 0 aliphatic heterocycles. The lowest BCUT2D eigenvalue weighted by Gasteiger charge is -2.23. The summed E-state index contributed by atoms with van der Waals surface area (Å²) in [5.41, 5.74) is 1.29. The summed E-state index contributed by atoms with van der Waals surface area (Å²) in [7, 11) is 0. The summed E-state index contributed by atoms with van der Waals surface area (Å²) in [6.07, 6.45) is 1.52. The molecule has 148 valence electrons. The van der Waals surface area contributed by atoms with Crippen LogP contribution in [0.5, 0.6) is 11.5 Å². The second-order valence-electron chi connectivity index (χ2n) is 9.40. The molecule has 6 heteroatoms. The number of hydrogen-bond donors (Lipinski definition) is 0. The van der Waals surface area contributed by atoms with Gasteiger partial charge in [-0.1, -0.05) is 41.5 Å². The molecule has 26 heavy (non-hydrogen) atoms. The van der Waals surface area contributed by atoms with Crippen molar-refractivity contribution in [3.8, 4) is 11.5 Å². The minimum Gasteiger partial charge on any atom is -0.333 e. The quantitative estimate of drug-likeness (QED) is 0.403. The van der Waals surface area contributed by atoms with Crippen molar-refractivity contribution >= 4 is 11.2 Å². The van der Waals surface area contributed by atoms with Gasteiger partial charge in [0.2, 0.25) is 11.3 Å². The van der Waals surface area contributed by atoms with Crippen molar-refractivity contribution in [3.63, 3.8) is 0 Å². The first kappa shape index (κ1) is 20.6. The van der Waals surface area contributed by atoms with Crippen LogP contribution in [0, 0.1) is 10.8 Å². The number of fused-ring (bicyclic) bond motifs is 1. The van der Waals surface area contributed by atoms with Crippen molar-refractivity contribution in [2.45, 2.75) is 80.4 Å². The van der Waals surface area contributed by atoms with Gasteiger partial charge in [-0.3, -0.25) is 9.15 Å². The van der Waals surface area contributed by atoms with Crippen molar-refractivity contribution in [2.75, 3.05) is 0 Å². The van der Waals surface area contributed by atoms with E-state index in [1.54, 1.807) is 12.1 Å². The molecule has 0 saturated heterocycles. The van der Waals surface area contributed by atoms with Crippen LogP contribution in [0.15, 0.2) is 21.3 Å². The molecule has 0 saturated carbocycles. The molecule has 1 aromatic heterocycles. The van der Waals surface area contributed by atoms with E-state index in [-0.39, 0.29) is 23.0 Å². The Labute approximate surface area is 155 Å². The van der Waals surface area contributed by atoms with Gasteiger partial charge in [0.1, 0.15) is 12.2 Å². The molecule has 1 aromatic carbocycles. The molecule has 2 rings (SSSR count). The Kier molecular flexibility index (Phi) is 6.29. The summed E-state index contributed by atoms with van der Waals surface area (Å²) < 4.78 is 9.95. The fraction of sp³-hybridized carbons (Fsp3) is 0.700. The van der Waals surface area contributed by atoms with Gasteiger partial charge >= 0.3 is 0 Å². The van der Waals surface area contributed by atoms with Crippen LogP contribution in [0.4, 0.5) is 0 Å². The van der Waals surface area contributed by atoms with Crippen LogP contribution >= 0.6 is 0 Å². The molecule has 1 heterocycles. The van der Waals surface area contributed by atoms with Crippen LogP contribution < -0.4 is 9.78 Å². The van der Waals surface area contributed by atoms with E-state index in [2.05, 4.69) is 41.5 Å². The van der Waals surface area contributed by atoms with Crippen molar-refractivity contribution in [2.24, 2.45) is 10.8 Å². The molecule has 2 atom stereocenters. The van der Waals surface area contributed by atoms with E-state index in [0.29, 0.717) is 22.7 Å². The van der Waals surface area contributed by atoms with Crippen molar-refractivity contribution < 1.29 is 28.7 Å². The molecule has 2 unspecified atom stereocenters. The molecule has 0 aliphatic rings. The van der Waals surface area contributed by atoms with E-state index in [1.165, 1.54) is 0 Å². The maximum absolute atomic E-state index is 5.53. The van der Waals surface area contributed by atoms with Gasteiger partial charge in [0.15, 0.2) is 0 Å². The first-order valence-electron chi connectivity index (χ1n) is 9.13. The zero-order valence-electron chi connectivity index (χ0n) is 17.2. The van der Waals surface area contributed by atoms with Crippen LogP contribution in [0.25, 0.3) is 11.2 Å². The Hall–Kier alpha value is -1.66. The molecule has 6 nitrogen and oxygen atoms in total. The summed E-state index contributed by atoms with van der Waals surface area (Å²) in [6, 6.07) is 3.44. The zero-order valence-corrected chi connectivity index (χ0v) is 17.2. The van der Waals surface area contributed by atoms with Crippen molar-refractivity contribution in [1.29, 1.82) is 0 Å². The number of benzene rings is 1. The van der Waals surface area contributed by atoms with Gasteiger partial charge in [-0.2, -0.15) is 9.78 Å². The Balaban J connectivity index is 2.02. The summed E-state index contributed by atoms with van der Waals surface area (Å²) in [6.45, 7) is 16.8. The second-order valence-corrected chi connectivity index (χ2v) is 9.40. The van der Waals surface area contributed by atoms with Crippen LogP contribution in [0.3, 0.4) is 0 Å². The molecule has 0 N–H and O–H groups in total. The first-order valence-corrected chi connectivity index (χ1v) is 9.13. The van der Waals surface area contributed by atoms with E-state index < -0.39 is 0 Å². The highest BCUT2D eigenvalue weighted by molar-refractivity contribution is 5.81. The first-order chi connectivity index (χ1) is 11.9. The van der Waals surface area contributed by atoms with E-state index in [4.69, 9.17) is 28.7 Å². The van der Waals surface area contributed by atoms with Gasteiger partial charge in [0.05, 0.1) is 0 Å². The van der Waals surface area contributed by atoms with Gasteiger partial charge in [0, 0.05) is 0 Å². The molecule has 2 aromatic rings. The average molecular weight is 368 g/mol. The topological polar surface area (TPSA) is 63.2 Å². The fourth-order valence-electron chi connectivity index (χ4n) is 2.93. The molecular formula is C20H32O6. The Morgan fingerprint density at radius 1 is 0.808 bits per heavy atom. The van der Waals surface area contributed by atoms with Crippen molar-refractivity contribution in [1.82, 2.24) is 0 Å². The molecular weight excluding hydrogens is 336 g/mol. The third-order valence-electron chi connectivity index (χ3n) is 3.65. The van der Waals surface area contributed by atoms with Gasteiger partial charge in [-0.25, -0.2) is 0 Å². The number of hydrogen-bond acceptors (Lipinski definition) is 6. The van der Waals surface area contributed by atoms with E-state index in [0.717, 1.165) is 12.8 Å². The van der Waals surface area contributed by atoms with E-state index in [9.17, 15) is 0 Å². The van der Waals surface area contributed by atoms with Crippen LogP contribution in [0.1, 0.15) is 68.2 Å². The second kappa shape index (κ2) is 7.92. The highest BCUT2D eigenvalue weighted by Gasteiger charge is 2.24. The van der Waals surface area contributed by atoms with Gasteiger partial charge in [-0.05, 0) is 49.7 Å². The van der Waals surface area contributed by atoms with E-state index >= 15 is 0 Å². The number of rotatable bonds is 8. The standard InChI is InChI=1S/C20H32O6/c1-13(11-19(3,4)5)21-23-15-9-10-16-18(26-24-16)17(15)25-22-14(2)12-20(6,7)8/h9-10,13-14H,11-12H2,1-8H3. The minimum absolute atomic E-state index is 0.0770. The summed E-state index contributed by atoms with van der Waals surface area (Å²) in [5.74, 6) is 0.702. The highest BCUT2D eigenvalue weighted by atomic mass is 17.2. The Morgan fingerprint density at radius 3 is 1.81 bits per heavy atom. The Morgan fingerprint density at radius 2 is 1.35 bits per heavy atom. The molecule has 0 amide bonds. The lowest BCUT2D eigenvalue weighted by Crippen LogP contribution is -2.21. The molecule has 0 spiro atoms. The third-order valence-corrected chi connectivity index (χ3v) is 3.65. The average Bonchev–Trinajstić information content (AvgIpc) is 2.41. The normalized spacial score (nSPS) is 15.2. The van der Waals surface area contributed by atoms with Crippen LogP contribution in [-0.4, -0.2) is 12.2 Å². The summed E-state index contributed by atoms with van der Waals surface area (Å²) in [5, 5.41) is 0. The van der Waals surface area contributed by atoms with E-state index in [1.807, 2.05) is 13.8 Å². The van der Waals surface area contributed by atoms with Gasteiger partial charge in [-0.15, -0.1) is 0 Å². The molecule has 0 radical (unpaired) electrons. The highest BCUT2D eigenvalue weighted by Crippen LogP contribution is 2.39. The minimum atomic E-state index is -0.0968. The molecule has 0 bridgehead atoms. The fourth-order valence-corrected chi connectivity index (χ4v) is 2.93.